The molecule has 41 heavy (non-hydrogen) atoms. The molecule has 1 spiro atoms. The molecule has 0 aromatic heterocycles. The topological polar surface area (TPSA) is 184 Å². The number of esters is 1. The van der Waals surface area contributed by atoms with Crippen LogP contribution in [0.25, 0.3) is 0 Å². The second-order valence-electron chi connectivity index (χ2n) is 9.56. The number of anilines is 1. The minimum atomic E-state index is -1.12. The summed E-state index contributed by atoms with van der Waals surface area (Å²) in [6.07, 6.45) is -0.407. The van der Waals surface area contributed by atoms with E-state index in [1.165, 1.54) is 0 Å². The summed E-state index contributed by atoms with van der Waals surface area (Å²) in [5.41, 5.74) is 12.0. The number of hydrogen-bond donors (Lipinski definition) is 4. The van der Waals surface area contributed by atoms with Gasteiger partial charge in [-0.05, 0) is 24.3 Å². The number of nitrogens with one attached hydrogen (secondary N) is 1. The fourth-order valence-corrected chi connectivity index (χ4v) is 4.96. The summed E-state index contributed by atoms with van der Waals surface area (Å²) in [5, 5.41) is 11.0. The average Bonchev–Trinajstić information content (AvgIpc) is 3.26. The number of nitrogens with two attached hydrogens (primary N) is 2. The molecule has 1 saturated heterocycles. The Morgan fingerprint density at radius 1 is 0.951 bits per heavy atom. The van der Waals surface area contributed by atoms with Gasteiger partial charge >= 0.3 is 18.0 Å². The number of urea groups is 1. The van der Waals surface area contributed by atoms with Crippen molar-refractivity contribution in [2.45, 2.75) is 18.1 Å². The van der Waals surface area contributed by atoms with Gasteiger partial charge < -0.3 is 41.0 Å². The van der Waals surface area contributed by atoms with Crippen molar-refractivity contribution in [3.8, 4) is 11.5 Å². The van der Waals surface area contributed by atoms with Gasteiger partial charge in [-0.3, -0.25) is 9.59 Å². The Morgan fingerprint density at radius 2 is 1.61 bits per heavy atom. The van der Waals surface area contributed by atoms with Crippen LogP contribution in [0.3, 0.4) is 0 Å². The summed E-state index contributed by atoms with van der Waals surface area (Å²) in [6, 6.07) is 19.2. The van der Waals surface area contributed by atoms with Gasteiger partial charge in [0.05, 0.1) is 31.2 Å². The van der Waals surface area contributed by atoms with Crippen molar-refractivity contribution in [2.75, 3.05) is 31.6 Å². The normalized spacial score (nSPS) is 18.9. The predicted octanol–water partition coefficient (Wildman–Crippen LogP) is 2.39. The van der Waals surface area contributed by atoms with Crippen LogP contribution in [0.15, 0.2) is 66.7 Å². The van der Waals surface area contributed by atoms with E-state index in [1.54, 1.807) is 17.0 Å². The van der Waals surface area contributed by atoms with Crippen LogP contribution >= 0.6 is 0 Å². The van der Waals surface area contributed by atoms with E-state index in [9.17, 15) is 19.2 Å². The second-order valence-corrected chi connectivity index (χ2v) is 9.56. The molecule has 12 heteroatoms. The third-order valence-corrected chi connectivity index (χ3v) is 6.93. The largest absolute Gasteiger partial charge is 0.481 e. The number of aliphatic carboxylic acids is 1. The number of para-hydroxylation sites is 1. The van der Waals surface area contributed by atoms with Crippen LogP contribution < -0.4 is 21.5 Å². The van der Waals surface area contributed by atoms with E-state index < -0.39 is 29.9 Å². The van der Waals surface area contributed by atoms with Crippen LogP contribution in [-0.2, 0) is 24.7 Å². The number of rotatable bonds is 4. The predicted molar refractivity (Wildman–Crippen MR) is 146 cm³/mol. The first-order valence-corrected chi connectivity index (χ1v) is 12.9. The highest BCUT2D eigenvalue weighted by Crippen LogP contribution is 2.56. The van der Waals surface area contributed by atoms with Crippen LogP contribution in [-0.4, -0.2) is 66.2 Å². The van der Waals surface area contributed by atoms with Gasteiger partial charge in [0.1, 0.15) is 11.5 Å². The fourth-order valence-electron chi connectivity index (χ4n) is 4.96. The van der Waals surface area contributed by atoms with Crippen molar-refractivity contribution in [2.24, 2.45) is 11.5 Å². The molecule has 0 bridgehead atoms. The van der Waals surface area contributed by atoms with Crippen LogP contribution in [0.2, 0.25) is 0 Å². The molecule has 3 heterocycles. The second kappa shape index (κ2) is 11.3. The highest BCUT2D eigenvalue weighted by Gasteiger charge is 2.53. The van der Waals surface area contributed by atoms with Crippen molar-refractivity contribution in [1.29, 1.82) is 0 Å². The number of amides is 3. The average molecular weight is 561 g/mol. The number of carbonyl (C=O) groups is 4. The van der Waals surface area contributed by atoms with Gasteiger partial charge in [-0.15, -0.1) is 0 Å². The van der Waals surface area contributed by atoms with Gasteiger partial charge in [0.15, 0.2) is 5.60 Å². The van der Waals surface area contributed by atoms with Gasteiger partial charge in [-0.25, -0.2) is 9.59 Å². The van der Waals surface area contributed by atoms with Crippen LogP contribution in [0, 0.1) is 0 Å². The summed E-state index contributed by atoms with van der Waals surface area (Å²) < 4.78 is 17.6. The molecular formula is C29H28N4O8. The van der Waals surface area contributed by atoms with Crippen molar-refractivity contribution in [1.82, 2.24) is 4.90 Å². The van der Waals surface area contributed by atoms with E-state index in [0.717, 1.165) is 16.7 Å². The highest BCUT2D eigenvalue weighted by molar-refractivity contribution is 5.97. The maximum atomic E-state index is 12.8. The zero-order chi connectivity index (χ0) is 29.1. The lowest BCUT2D eigenvalue weighted by Gasteiger charge is -2.36. The van der Waals surface area contributed by atoms with Crippen molar-refractivity contribution < 1.29 is 38.5 Å². The van der Waals surface area contributed by atoms with Gasteiger partial charge in [0.2, 0.25) is 5.91 Å². The highest BCUT2D eigenvalue weighted by atomic mass is 16.6. The third-order valence-electron chi connectivity index (χ3n) is 6.93. The number of hydrogen-bond acceptors (Lipinski definition) is 8. The number of carboxylic acids is 1. The summed E-state index contributed by atoms with van der Waals surface area (Å²) in [6.45, 7) is 2.17. The van der Waals surface area contributed by atoms with Gasteiger partial charge in [0.25, 0.3) is 0 Å². The quantitative estimate of drug-likeness (QED) is 0.348. The van der Waals surface area contributed by atoms with Gasteiger partial charge in [0, 0.05) is 41.5 Å². The molecule has 3 aromatic carbocycles. The Labute approximate surface area is 234 Å². The molecule has 3 amide bonds. The minimum absolute atomic E-state index is 0.184. The lowest BCUT2D eigenvalue weighted by atomic mass is 9.77. The Kier molecular flexibility index (Phi) is 7.60. The van der Waals surface area contributed by atoms with E-state index in [1.807, 2.05) is 54.6 Å². The number of nitrogens with zero attached hydrogens (tertiary/aromatic N) is 1. The molecule has 2 unspecified atom stereocenters. The number of fused-ring (bicyclic) bond motifs is 6. The molecular weight excluding hydrogens is 532 g/mol. The molecule has 0 saturated carbocycles. The Balaban J connectivity index is 0.000000327. The lowest BCUT2D eigenvalue weighted by molar-refractivity contribution is -0.139. The number of ether oxygens (including phenoxy) is 3. The van der Waals surface area contributed by atoms with Crippen LogP contribution in [0.4, 0.5) is 10.5 Å². The minimum Gasteiger partial charge on any atom is -0.481 e. The van der Waals surface area contributed by atoms with Gasteiger partial charge in [-0.2, -0.15) is 0 Å². The molecule has 0 radical (unpaired) electrons. The first-order chi connectivity index (χ1) is 19.7. The maximum absolute atomic E-state index is 12.8. The maximum Gasteiger partial charge on any atom is 0.340 e. The SMILES string of the molecule is NC(=O)C(N)CC(=O)O.O=C1OC2(c3ccccc3Oc3cc(NC(=O)N4CCOCC4)ccc32)c2ccccc21. The molecule has 1 fully saturated rings. The summed E-state index contributed by atoms with van der Waals surface area (Å²) in [5.74, 6) is -1.14. The molecule has 6 N–H and O–H groups in total. The van der Waals surface area contributed by atoms with E-state index in [2.05, 4.69) is 11.1 Å². The zero-order valence-corrected chi connectivity index (χ0v) is 21.9. The Hall–Kier alpha value is -4.94. The first-order valence-electron chi connectivity index (χ1n) is 12.9. The number of primary amides is 1. The molecule has 0 aliphatic carbocycles. The number of carbonyl (C=O) groups excluding carboxylic acids is 3. The molecule has 12 nitrogen and oxygen atoms in total. The molecule has 3 aromatic rings. The van der Waals surface area contributed by atoms with E-state index >= 15 is 0 Å². The number of benzene rings is 3. The summed E-state index contributed by atoms with van der Waals surface area (Å²) >= 11 is 0. The Bertz CT molecular complexity index is 1520. The first kappa shape index (κ1) is 27.6. The number of carboxylic acid groups (broad SMARTS) is 1. The fraction of sp³-hybridized carbons (Fsp3) is 0.241. The summed E-state index contributed by atoms with van der Waals surface area (Å²) in [7, 11) is 0. The van der Waals surface area contributed by atoms with Crippen molar-refractivity contribution in [3.05, 3.63) is 89.0 Å². The lowest BCUT2D eigenvalue weighted by Crippen LogP contribution is -2.43. The molecule has 2 atom stereocenters. The molecule has 212 valence electrons. The number of morpholine rings is 1. The zero-order valence-electron chi connectivity index (χ0n) is 21.9. The van der Waals surface area contributed by atoms with Crippen molar-refractivity contribution in [3.63, 3.8) is 0 Å². The van der Waals surface area contributed by atoms with E-state index in [4.69, 9.17) is 25.1 Å². The van der Waals surface area contributed by atoms with Gasteiger partial charge in [-0.1, -0.05) is 36.4 Å². The smallest absolute Gasteiger partial charge is 0.340 e. The Morgan fingerprint density at radius 3 is 2.29 bits per heavy atom. The van der Waals surface area contributed by atoms with E-state index in [0.29, 0.717) is 49.1 Å². The van der Waals surface area contributed by atoms with E-state index in [-0.39, 0.29) is 12.0 Å². The summed E-state index contributed by atoms with van der Waals surface area (Å²) in [4.78, 5) is 47.1. The van der Waals surface area contributed by atoms with Crippen LogP contribution in [0.1, 0.15) is 33.5 Å². The molecule has 6 rings (SSSR count). The van der Waals surface area contributed by atoms with Crippen LogP contribution in [0.5, 0.6) is 11.5 Å². The monoisotopic (exact) mass is 560 g/mol. The molecule has 3 aliphatic rings. The third kappa shape index (κ3) is 5.30. The molecule has 3 aliphatic heterocycles. The standard InChI is InChI=1S/C25H20N2O5.C4H8N2O3/c28-23-17-5-1-2-6-18(17)25(32-23)19-7-3-4-8-21(19)31-22-15-16(9-10-20(22)25)26-24(29)27-11-13-30-14-12-27;5-2(4(6)9)1-3(7)8/h1-10,15H,11-14H2,(H,26,29);2H,1,5H2,(H2,6,9)(H,7,8). The van der Waals surface area contributed by atoms with Crippen molar-refractivity contribution >= 4 is 29.6 Å².